The first-order valence-electron chi connectivity index (χ1n) is 11.4. The van der Waals surface area contributed by atoms with Gasteiger partial charge in [-0.1, -0.05) is 68.3 Å². The Morgan fingerprint density at radius 2 is 2.06 bits per heavy atom. The summed E-state index contributed by atoms with van der Waals surface area (Å²) in [7, 11) is 1.33. The fourth-order valence-electron chi connectivity index (χ4n) is 5.42. The van der Waals surface area contributed by atoms with Crippen molar-refractivity contribution in [3.63, 3.8) is 0 Å². The second-order valence-corrected chi connectivity index (χ2v) is 10.6. The maximum absolute atomic E-state index is 14.1. The Morgan fingerprint density at radius 1 is 1.33 bits per heavy atom. The predicted molar refractivity (Wildman–Crippen MR) is 131 cm³/mol. The lowest BCUT2D eigenvalue weighted by molar-refractivity contribution is -0.166. The number of carbonyl (C=O) groups is 2. The molecule has 5 nitrogen and oxygen atoms in total. The van der Waals surface area contributed by atoms with Crippen LogP contribution >= 0.6 is 23.2 Å². The van der Waals surface area contributed by atoms with E-state index < -0.39 is 16.8 Å². The van der Waals surface area contributed by atoms with E-state index in [0.29, 0.717) is 29.3 Å². The van der Waals surface area contributed by atoms with E-state index in [1.54, 1.807) is 0 Å². The van der Waals surface area contributed by atoms with Crippen molar-refractivity contribution in [3.8, 4) is 0 Å². The molecule has 1 aliphatic carbocycles. The Bertz CT molecular complexity index is 957. The molecule has 1 saturated heterocycles. The number of esters is 1. The Balaban J connectivity index is 2.21. The Morgan fingerprint density at radius 3 is 2.61 bits per heavy atom. The van der Waals surface area contributed by atoms with Crippen LogP contribution in [0.4, 0.5) is 0 Å². The molecule has 1 aliphatic heterocycles. The summed E-state index contributed by atoms with van der Waals surface area (Å²) in [5.74, 6) is -0.673. The first-order chi connectivity index (χ1) is 15.6. The average molecular weight is 494 g/mol. The largest absolute Gasteiger partial charge is 0.469 e. The van der Waals surface area contributed by atoms with Crippen LogP contribution in [0.5, 0.6) is 0 Å². The fraction of sp³-hybridized carbons (Fsp3) is 0.538. The quantitative estimate of drug-likeness (QED) is 0.512. The number of hydrogen-bond donors (Lipinski definition) is 1. The minimum absolute atomic E-state index is 0.0250. The van der Waals surface area contributed by atoms with Crippen LogP contribution in [0.25, 0.3) is 0 Å². The highest BCUT2D eigenvalue weighted by molar-refractivity contribution is 6.31. The van der Waals surface area contributed by atoms with Gasteiger partial charge in [-0.05, 0) is 43.0 Å². The number of methoxy groups -OCH3 is 1. The van der Waals surface area contributed by atoms with Gasteiger partial charge in [-0.15, -0.1) is 0 Å². The van der Waals surface area contributed by atoms with Crippen LogP contribution in [-0.2, 0) is 14.3 Å². The van der Waals surface area contributed by atoms with Gasteiger partial charge in [-0.25, -0.2) is 0 Å². The van der Waals surface area contributed by atoms with Crippen LogP contribution in [0.1, 0.15) is 57.9 Å². The van der Waals surface area contributed by atoms with Gasteiger partial charge in [0.05, 0.1) is 31.6 Å². The SMILES string of the molecule is CC[C@@H](CO)N1C(=O)[C@@](C)(CC(=O)OC)C[C@H](c2cccc(Cl)c2)[C@H]1C1(C)C=CC(Cl)=CC1. The third-order valence-electron chi connectivity index (χ3n) is 7.25. The smallest absolute Gasteiger partial charge is 0.306 e. The standard InChI is InChI=1S/C26H33Cl2NO4/c1-5-20(16-30)29-23(25(2)11-9-18(27)10-12-25)21(17-7-6-8-19(28)13-17)14-26(3,24(29)32)15-22(31)33-4/h6-11,13,20-21,23,30H,5,12,14-16H2,1-4H3/t20-,21+,23-,25?,26+/m0/s1. The van der Waals surface area contributed by atoms with E-state index in [-0.39, 0.29) is 36.9 Å². The number of benzene rings is 1. The summed E-state index contributed by atoms with van der Waals surface area (Å²) in [6.07, 6.45) is 7.61. The molecule has 5 atom stereocenters. The monoisotopic (exact) mass is 493 g/mol. The fourth-order valence-corrected chi connectivity index (χ4v) is 5.76. The molecule has 0 saturated carbocycles. The van der Waals surface area contributed by atoms with Crippen molar-refractivity contribution < 1.29 is 19.4 Å². The number of hydrogen-bond acceptors (Lipinski definition) is 4. The van der Waals surface area contributed by atoms with E-state index in [9.17, 15) is 14.7 Å². The molecule has 1 N–H and O–H groups in total. The van der Waals surface area contributed by atoms with Gasteiger partial charge in [0.2, 0.25) is 5.91 Å². The summed E-state index contributed by atoms with van der Waals surface area (Å²) in [5, 5.41) is 11.6. The number of carbonyl (C=O) groups excluding carboxylic acids is 2. The van der Waals surface area contributed by atoms with E-state index in [0.717, 1.165) is 5.56 Å². The molecule has 2 aliphatic rings. The first-order valence-corrected chi connectivity index (χ1v) is 12.1. The van der Waals surface area contributed by atoms with Crippen LogP contribution in [0, 0.1) is 10.8 Å². The summed E-state index contributed by atoms with van der Waals surface area (Å²) in [4.78, 5) is 28.2. The molecule has 1 heterocycles. The molecular formula is C26H33Cl2NO4. The van der Waals surface area contributed by atoms with Crippen molar-refractivity contribution in [2.24, 2.45) is 10.8 Å². The number of ether oxygens (including phenoxy) is 1. The number of amides is 1. The number of piperidine rings is 1. The van der Waals surface area contributed by atoms with E-state index in [4.69, 9.17) is 27.9 Å². The van der Waals surface area contributed by atoms with Gasteiger partial charge in [0, 0.05) is 27.4 Å². The van der Waals surface area contributed by atoms with Gasteiger partial charge in [0.15, 0.2) is 0 Å². The Labute approximate surface area is 206 Å². The lowest BCUT2D eigenvalue weighted by atomic mass is 9.60. The second kappa shape index (κ2) is 10.2. The van der Waals surface area contributed by atoms with Gasteiger partial charge in [-0.2, -0.15) is 0 Å². The number of nitrogens with zero attached hydrogens (tertiary/aromatic N) is 1. The van der Waals surface area contributed by atoms with Gasteiger partial charge in [0.25, 0.3) is 0 Å². The maximum Gasteiger partial charge on any atom is 0.306 e. The van der Waals surface area contributed by atoms with Crippen LogP contribution < -0.4 is 0 Å². The molecule has 0 aromatic heterocycles. The highest BCUT2D eigenvalue weighted by Gasteiger charge is 2.56. The molecule has 1 aromatic rings. The first kappa shape index (κ1) is 25.8. The van der Waals surface area contributed by atoms with Crippen LogP contribution in [0.15, 0.2) is 47.5 Å². The van der Waals surface area contributed by atoms with Gasteiger partial charge >= 0.3 is 5.97 Å². The van der Waals surface area contributed by atoms with Crippen molar-refractivity contribution in [2.45, 2.75) is 64.5 Å². The molecule has 1 aromatic carbocycles. The molecule has 0 bridgehead atoms. The molecule has 1 fully saturated rings. The molecular weight excluding hydrogens is 461 g/mol. The van der Waals surface area contributed by atoms with E-state index in [2.05, 4.69) is 13.0 Å². The third kappa shape index (κ3) is 5.16. The molecule has 0 radical (unpaired) electrons. The Hall–Kier alpha value is -1.82. The normalized spacial score (nSPS) is 30.7. The highest BCUT2D eigenvalue weighted by Crippen LogP contribution is 2.53. The molecule has 33 heavy (non-hydrogen) atoms. The number of aliphatic hydroxyl groups excluding tert-OH is 1. The number of aliphatic hydroxyl groups is 1. The molecule has 1 amide bonds. The van der Waals surface area contributed by atoms with Gasteiger partial charge < -0.3 is 14.7 Å². The van der Waals surface area contributed by atoms with E-state index in [1.165, 1.54) is 7.11 Å². The highest BCUT2D eigenvalue weighted by atomic mass is 35.5. The van der Waals surface area contributed by atoms with Gasteiger partial charge in [0.1, 0.15) is 0 Å². The molecule has 180 valence electrons. The summed E-state index contributed by atoms with van der Waals surface area (Å²) in [5.41, 5.74) is -0.387. The molecule has 1 unspecified atom stereocenters. The zero-order valence-corrected chi connectivity index (χ0v) is 21.2. The topological polar surface area (TPSA) is 66.8 Å². The zero-order chi connectivity index (χ0) is 24.4. The lowest BCUT2D eigenvalue weighted by Gasteiger charge is -2.56. The van der Waals surface area contributed by atoms with Crippen LogP contribution in [-0.4, -0.2) is 47.7 Å². The lowest BCUT2D eigenvalue weighted by Crippen LogP contribution is -2.64. The predicted octanol–water partition coefficient (Wildman–Crippen LogP) is 5.45. The minimum atomic E-state index is -0.971. The summed E-state index contributed by atoms with van der Waals surface area (Å²) in [6.45, 7) is 5.75. The van der Waals surface area contributed by atoms with Crippen molar-refractivity contribution in [1.29, 1.82) is 0 Å². The molecule has 3 rings (SSSR count). The second-order valence-electron chi connectivity index (χ2n) is 9.71. The summed E-state index contributed by atoms with van der Waals surface area (Å²) < 4.78 is 4.94. The van der Waals surface area contributed by atoms with Crippen molar-refractivity contribution in [3.05, 3.63) is 58.1 Å². The average Bonchev–Trinajstić information content (AvgIpc) is 2.79. The van der Waals surface area contributed by atoms with E-state index >= 15 is 0 Å². The number of rotatable bonds is 7. The van der Waals surface area contributed by atoms with E-state index in [1.807, 2.05) is 55.2 Å². The zero-order valence-electron chi connectivity index (χ0n) is 19.7. The third-order valence-corrected chi connectivity index (χ3v) is 7.77. The Kier molecular flexibility index (Phi) is 7.98. The van der Waals surface area contributed by atoms with Crippen LogP contribution in [0.3, 0.4) is 0 Å². The number of halogens is 2. The molecule has 7 heteroatoms. The molecule has 0 spiro atoms. The summed E-state index contributed by atoms with van der Waals surface area (Å²) in [6, 6.07) is 7.05. The van der Waals surface area contributed by atoms with Crippen molar-refractivity contribution >= 4 is 35.1 Å². The summed E-state index contributed by atoms with van der Waals surface area (Å²) >= 11 is 12.6. The van der Waals surface area contributed by atoms with Crippen molar-refractivity contribution in [1.82, 2.24) is 4.90 Å². The number of likely N-dealkylation sites (tertiary alicyclic amines) is 1. The van der Waals surface area contributed by atoms with Gasteiger partial charge in [-0.3, -0.25) is 9.59 Å². The minimum Gasteiger partial charge on any atom is -0.469 e. The van der Waals surface area contributed by atoms with Crippen molar-refractivity contribution in [2.75, 3.05) is 13.7 Å². The maximum atomic E-state index is 14.1. The van der Waals surface area contributed by atoms with Crippen LogP contribution in [0.2, 0.25) is 5.02 Å². The number of allylic oxidation sites excluding steroid dienone is 3.